The van der Waals surface area contributed by atoms with Crippen LogP contribution in [0.15, 0.2) is 28.1 Å². The van der Waals surface area contributed by atoms with Crippen LogP contribution in [0.3, 0.4) is 0 Å². The molecule has 1 N–H and O–H groups in total. The normalized spacial score (nSPS) is 10.4. The third-order valence-electron chi connectivity index (χ3n) is 2.27. The Morgan fingerprint density at radius 1 is 1.56 bits per heavy atom. The first kappa shape index (κ1) is 13.2. The van der Waals surface area contributed by atoms with E-state index in [0.717, 1.165) is 10.7 Å². The zero-order chi connectivity index (χ0) is 13.1. The number of aryl methyl sites for hydroxylation is 1. The average Bonchev–Trinajstić information content (AvgIpc) is 2.75. The summed E-state index contributed by atoms with van der Waals surface area (Å²) >= 11 is 4.72. The minimum Gasteiger partial charge on any atom is -0.346 e. The number of amides is 1. The molecule has 0 fully saturated rings. The molecule has 0 bridgehead atoms. The van der Waals surface area contributed by atoms with Crippen LogP contribution >= 0.6 is 27.3 Å². The molecule has 1 heterocycles. The van der Waals surface area contributed by atoms with Crippen molar-refractivity contribution in [3.8, 4) is 0 Å². The van der Waals surface area contributed by atoms with Crippen LogP contribution in [0.1, 0.15) is 21.1 Å². The Morgan fingerprint density at radius 3 is 3.00 bits per heavy atom. The molecule has 0 atom stereocenters. The minimum atomic E-state index is -0.537. The summed E-state index contributed by atoms with van der Waals surface area (Å²) in [5, 5.41) is 5.45. The molecule has 1 amide bonds. The number of aromatic nitrogens is 1. The molecule has 0 saturated carbocycles. The van der Waals surface area contributed by atoms with Crippen molar-refractivity contribution in [2.45, 2.75) is 13.5 Å². The summed E-state index contributed by atoms with van der Waals surface area (Å²) in [6.07, 6.45) is 0. The lowest BCUT2D eigenvalue weighted by Gasteiger charge is -2.05. The van der Waals surface area contributed by atoms with Gasteiger partial charge >= 0.3 is 0 Å². The molecular weight excluding hydrogens is 319 g/mol. The number of carbonyl (C=O) groups is 1. The third kappa shape index (κ3) is 3.14. The highest BCUT2D eigenvalue weighted by atomic mass is 79.9. The Hall–Kier alpha value is -1.27. The fourth-order valence-electron chi connectivity index (χ4n) is 1.43. The van der Waals surface area contributed by atoms with Crippen LogP contribution in [0.4, 0.5) is 4.39 Å². The molecule has 0 radical (unpaired) electrons. The number of benzene rings is 1. The van der Waals surface area contributed by atoms with Crippen LogP contribution in [-0.2, 0) is 6.54 Å². The second-order valence-electron chi connectivity index (χ2n) is 3.66. The van der Waals surface area contributed by atoms with Crippen molar-refractivity contribution in [3.63, 3.8) is 0 Å². The Bertz CT molecular complexity index is 585. The van der Waals surface area contributed by atoms with Gasteiger partial charge in [0.25, 0.3) is 5.91 Å². The number of nitrogens with zero attached hydrogens (tertiary/aromatic N) is 1. The van der Waals surface area contributed by atoms with E-state index in [1.165, 1.54) is 23.5 Å². The smallest absolute Gasteiger partial charge is 0.254 e. The molecule has 0 saturated heterocycles. The van der Waals surface area contributed by atoms with E-state index >= 15 is 0 Å². The van der Waals surface area contributed by atoms with E-state index in [9.17, 15) is 9.18 Å². The molecule has 2 aromatic rings. The second-order valence-corrected chi connectivity index (χ2v) is 5.64. The summed E-state index contributed by atoms with van der Waals surface area (Å²) in [6, 6.07) is 4.26. The molecule has 0 aliphatic carbocycles. The Morgan fingerprint density at radius 2 is 2.33 bits per heavy atom. The van der Waals surface area contributed by atoms with Gasteiger partial charge < -0.3 is 5.32 Å². The molecule has 3 nitrogen and oxygen atoms in total. The molecule has 2 rings (SSSR count). The molecule has 1 aromatic heterocycles. The molecule has 0 spiro atoms. The average molecular weight is 329 g/mol. The summed E-state index contributed by atoms with van der Waals surface area (Å²) in [5.74, 6) is -0.982. The second kappa shape index (κ2) is 5.58. The first-order valence-electron chi connectivity index (χ1n) is 5.20. The number of nitrogens with one attached hydrogen (secondary N) is 1. The number of halogens is 2. The predicted molar refractivity (Wildman–Crippen MR) is 72.1 cm³/mol. The van der Waals surface area contributed by atoms with Crippen molar-refractivity contribution in [2.24, 2.45) is 0 Å². The zero-order valence-electron chi connectivity index (χ0n) is 9.54. The first-order valence-corrected chi connectivity index (χ1v) is 6.88. The third-order valence-corrected chi connectivity index (χ3v) is 3.59. The number of hydrogen-bond donors (Lipinski definition) is 1. The van der Waals surface area contributed by atoms with Gasteiger partial charge in [0.2, 0.25) is 0 Å². The lowest BCUT2D eigenvalue weighted by atomic mass is 10.2. The van der Waals surface area contributed by atoms with E-state index in [0.29, 0.717) is 11.0 Å². The summed E-state index contributed by atoms with van der Waals surface area (Å²) in [5.41, 5.74) is 0.803. The van der Waals surface area contributed by atoms with Gasteiger partial charge in [0, 0.05) is 9.85 Å². The Kier molecular flexibility index (Phi) is 4.08. The van der Waals surface area contributed by atoms with Gasteiger partial charge in [-0.25, -0.2) is 9.37 Å². The SMILES string of the molecule is Cc1nc(CNC(=O)c2cc(Br)ccc2F)cs1. The summed E-state index contributed by atoms with van der Waals surface area (Å²) < 4.78 is 14.1. The van der Waals surface area contributed by atoms with Gasteiger partial charge in [-0.1, -0.05) is 15.9 Å². The number of hydrogen-bond acceptors (Lipinski definition) is 3. The maximum atomic E-state index is 13.5. The predicted octanol–water partition coefficient (Wildman–Crippen LogP) is 3.28. The molecular formula is C12H10BrFN2OS. The molecule has 94 valence electrons. The number of carbonyl (C=O) groups excluding carboxylic acids is 1. The van der Waals surface area contributed by atoms with Gasteiger partial charge in [-0.3, -0.25) is 4.79 Å². The van der Waals surface area contributed by atoms with E-state index in [4.69, 9.17) is 0 Å². The standard InChI is InChI=1S/C12H10BrFN2OS/c1-7-16-9(6-18-7)5-15-12(17)10-4-8(13)2-3-11(10)14/h2-4,6H,5H2,1H3,(H,15,17). The van der Waals surface area contributed by atoms with Gasteiger partial charge in [0.1, 0.15) is 5.82 Å². The fraction of sp³-hybridized carbons (Fsp3) is 0.167. The van der Waals surface area contributed by atoms with Crippen molar-refractivity contribution in [2.75, 3.05) is 0 Å². The van der Waals surface area contributed by atoms with Crippen LogP contribution in [0.2, 0.25) is 0 Å². The van der Waals surface area contributed by atoms with Gasteiger partial charge in [-0.15, -0.1) is 11.3 Å². The molecule has 6 heteroatoms. The van der Waals surface area contributed by atoms with Crippen molar-refractivity contribution in [1.29, 1.82) is 0 Å². The summed E-state index contributed by atoms with van der Waals surface area (Å²) in [4.78, 5) is 16.0. The Balaban J connectivity index is 2.05. The molecule has 0 unspecified atom stereocenters. The lowest BCUT2D eigenvalue weighted by Crippen LogP contribution is -2.24. The number of rotatable bonds is 3. The van der Waals surface area contributed by atoms with Crippen molar-refractivity contribution in [1.82, 2.24) is 10.3 Å². The highest BCUT2D eigenvalue weighted by molar-refractivity contribution is 9.10. The molecule has 0 aliphatic heterocycles. The van der Waals surface area contributed by atoms with E-state index in [-0.39, 0.29) is 5.56 Å². The van der Waals surface area contributed by atoms with Crippen LogP contribution in [0.5, 0.6) is 0 Å². The topological polar surface area (TPSA) is 42.0 Å². The maximum Gasteiger partial charge on any atom is 0.254 e. The number of thiazole rings is 1. The van der Waals surface area contributed by atoms with Gasteiger partial charge in [-0.05, 0) is 25.1 Å². The van der Waals surface area contributed by atoms with E-state index in [1.54, 1.807) is 6.07 Å². The van der Waals surface area contributed by atoms with E-state index in [2.05, 4.69) is 26.2 Å². The van der Waals surface area contributed by atoms with E-state index < -0.39 is 11.7 Å². The van der Waals surface area contributed by atoms with Crippen LogP contribution in [-0.4, -0.2) is 10.9 Å². The van der Waals surface area contributed by atoms with E-state index in [1.807, 2.05) is 12.3 Å². The summed E-state index contributed by atoms with van der Waals surface area (Å²) in [7, 11) is 0. The lowest BCUT2D eigenvalue weighted by molar-refractivity contribution is 0.0946. The summed E-state index contributed by atoms with van der Waals surface area (Å²) in [6.45, 7) is 2.19. The van der Waals surface area contributed by atoms with Gasteiger partial charge in [-0.2, -0.15) is 0 Å². The monoisotopic (exact) mass is 328 g/mol. The highest BCUT2D eigenvalue weighted by Gasteiger charge is 2.12. The highest BCUT2D eigenvalue weighted by Crippen LogP contribution is 2.15. The molecule has 1 aromatic carbocycles. The molecule has 0 aliphatic rings. The first-order chi connectivity index (χ1) is 8.56. The fourth-order valence-corrected chi connectivity index (χ4v) is 2.40. The van der Waals surface area contributed by atoms with Crippen molar-refractivity contribution < 1.29 is 9.18 Å². The van der Waals surface area contributed by atoms with Gasteiger partial charge in [0.15, 0.2) is 0 Å². The van der Waals surface area contributed by atoms with Crippen LogP contribution in [0.25, 0.3) is 0 Å². The van der Waals surface area contributed by atoms with Crippen LogP contribution < -0.4 is 5.32 Å². The van der Waals surface area contributed by atoms with Crippen LogP contribution in [0, 0.1) is 12.7 Å². The molecule has 18 heavy (non-hydrogen) atoms. The largest absolute Gasteiger partial charge is 0.346 e. The minimum absolute atomic E-state index is 0.0244. The zero-order valence-corrected chi connectivity index (χ0v) is 11.9. The van der Waals surface area contributed by atoms with Gasteiger partial charge in [0.05, 0.1) is 22.8 Å². The van der Waals surface area contributed by atoms with Crippen molar-refractivity contribution >= 4 is 33.2 Å². The van der Waals surface area contributed by atoms with Crippen molar-refractivity contribution in [3.05, 3.63) is 50.1 Å². The maximum absolute atomic E-state index is 13.5. The quantitative estimate of drug-likeness (QED) is 0.939. The Labute approximate surface area is 116 Å².